The Morgan fingerprint density at radius 2 is 1.71 bits per heavy atom. The highest BCUT2D eigenvalue weighted by Gasteiger charge is 2.49. The van der Waals surface area contributed by atoms with Gasteiger partial charge in [-0.15, -0.1) is 0 Å². The van der Waals surface area contributed by atoms with Crippen molar-refractivity contribution in [2.75, 3.05) is 0 Å². The monoisotopic (exact) mass is 327 g/mol. The van der Waals surface area contributed by atoms with Gasteiger partial charge >= 0.3 is 0 Å². The first-order valence-corrected chi connectivity index (χ1v) is 9.56. The number of fused-ring (bicyclic) bond motifs is 1. The third kappa shape index (κ3) is 2.11. The molecule has 24 heavy (non-hydrogen) atoms. The Hall–Kier alpha value is -1.58. The Morgan fingerprint density at radius 3 is 2.33 bits per heavy atom. The zero-order valence-electron chi connectivity index (χ0n) is 14.3. The number of hydrogen-bond acceptors (Lipinski definition) is 3. The van der Waals surface area contributed by atoms with Crippen molar-refractivity contribution in [1.29, 1.82) is 0 Å². The minimum atomic E-state index is -0.104. The van der Waals surface area contributed by atoms with Crippen molar-refractivity contribution in [2.45, 2.75) is 64.3 Å². The number of amides is 1. The zero-order chi connectivity index (χ0) is 16.4. The Labute approximate surface area is 142 Å². The molecule has 0 aliphatic heterocycles. The fourth-order valence-electron chi connectivity index (χ4n) is 6.24. The molecular formula is C20H25NO3. The number of nitrogens with one attached hydrogen (secondary N) is 1. The van der Waals surface area contributed by atoms with Crippen LogP contribution in [-0.2, 0) is 6.42 Å². The summed E-state index contributed by atoms with van der Waals surface area (Å²) in [6.45, 7) is 1.86. The molecule has 5 aliphatic rings. The van der Waals surface area contributed by atoms with E-state index in [9.17, 15) is 9.59 Å². The van der Waals surface area contributed by atoms with Gasteiger partial charge in [-0.3, -0.25) is 9.59 Å². The molecule has 5 aliphatic carbocycles. The van der Waals surface area contributed by atoms with Gasteiger partial charge in [-0.25, -0.2) is 0 Å². The lowest BCUT2D eigenvalue weighted by Crippen LogP contribution is -2.55. The third-order valence-corrected chi connectivity index (χ3v) is 7.04. The fraction of sp³-hybridized carbons (Fsp3) is 0.700. The largest absolute Gasteiger partial charge is 0.455 e. The van der Waals surface area contributed by atoms with E-state index in [1.54, 1.807) is 0 Å². The Balaban J connectivity index is 1.39. The van der Waals surface area contributed by atoms with E-state index in [1.165, 1.54) is 32.1 Å². The lowest BCUT2D eigenvalue weighted by Gasteiger charge is -2.54. The number of rotatable bonds is 2. The molecule has 1 N–H and O–H groups in total. The maximum atomic E-state index is 12.9. The molecule has 0 atom stereocenters. The van der Waals surface area contributed by atoms with Crippen LogP contribution in [0.15, 0.2) is 4.42 Å². The Kier molecular flexibility index (Phi) is 3.20. The van der Waals surface area contributed by atoms with E-state index < -0.39 is 0 Å². The van der Waals surface area contributed by atoms with Crippen LogP contribution >= 0.6 is 0 Å². The van der Waals surface area contributed by atoms with Gasteiger partial charge in [0, 0.05) is 24.4 Å². The first kappa shape index (κ1) is 14.7. The van der Waals surface area contributed by atoms with E-state index in [-0.39, 0.29) is 11.7 Å². The third-order valence-electron chi connectivity index (χ3n) is 7.04. The predicted molar refractivity (Wildman–Crippen MR) is 89.0 cm³/mol. The van der Waals surface area contributed by atoms with E-state index in [0.29, 0.717) is 35.6 Å². The summed E-state index contributed by atoms with van der Waals surface area (Å²) in [6, 6.07) is 0.308. The van der Waals surface area contributed by atoms with Crippen LogP contribution < -0.4 is 5.32 Å². The SMILES string of the molecule is Cc1c(C(=O)NC2C3CC4CC(C3)CC2C4)oc2c1C(=O)CCC2. The molecule has 4 nitrogen and oxygen atoms in total. The molecule has 0 spiro atoms. The predicted octanol–water partition coefficient (Wildman–Crippen LogP) is 3.66. The van der Waals surface area contributed by atoms with E-state index in [4.69, 9.17) is 4.42 Å². The van der Waals surface area contributed by atoms with Gasteiger partial charge in [-0.2, -0.15) is 0 Å². The molecule has 1 aromatic rings. The fourth-order valence-corrected chi connectivity index (χ4v) is 6.24. The van der Waals surface area contributed by atoms with E-state index >= 15 is 0 Å². The number of Topliss-reactive ketones (excluding diaryl/α,β-unsaturated/α-hetero) is 1. The second-order valence-corrected chi connectivity index (χ2v) is 8.56. The summed E-state index contributed by atoms with van der Waals surface area (Å²) in [5, 5.41) is 3.30. The van der Waals surface area contributed by atoms with E-state index in [2.05, 4.69) is 5.32 Å². The normalized spacial score (nSPS) is 36.7. The van der Waals surface area contributed by atoms with Crippen LogP contribution in [0.5, 0.6) is 0 Å². The molecule has 4 bridgehead atoms. The maximum Gasteiger partial charge on any atom is 0.287 e. The summed E-state index contributed by atoms with van der Waals surface area (Å²) < 4.78 is 5.83. The number of carbonyl (C=O) groups excluding carboxylic acids is 2. The smallest absolute Gasteiger partial charge is 0.287 e. The molecule has 1 aromatic heterocycles. The molecule has 4 fully saturated rings. The van der Waals surface area contributed by atoms with Crippen molar-refractivity contribution in [3.8, 4) is 0 Å². The highest BCUT2D eigenvalue weighted by atomic mass is 16.4. The molecule has 4 heteroatoms. The van der Waals surface area contributed by atoms with Gasteiger partial charge in [-0.1, -0.05) is 0 Å². The van der Waals surface area contributed by atoms with Gasteiger partial charge in [0.25, 0.3) is 5.91 Å². The van der Waals surface area contributed by atoms with Crippen LogP contribution in [0.1, 0.15) is 77.2 Å². The van der Waals surface area contributed by atoms with E-state index in [1.807, 2.05) is 6.92 Å². The van der Waals surface area contributed by atoms with E-state index in [0.717, 1.165) is 36.0 Å². The van der Waals surface area contributed by atoms with Crippen molar-refractivity contribution >= 4 is 11.7 Å². The summed E-state index contributed by atoms with van der Waals surface area (Å²) in [5.74, 6) is 4.22. The average molecular weight is 327 g/mol. The van der Waals surface area contributed by atoms with Crippen molar-refractivity contribution in [3.63, 3.8) is 0 Å². The van der Waals surface area contributed by atoms with Crippen molar-refractivity contribution < 1.29 is 14.0 Å². The lowest BCUT2D eigenvalue weighted by atomic mass is 9.54. The van der Waals surface area contributed by atoms with Crippen LogP contribution in [0.4, 0.5) is 0 Å². The number of ketones is 1. The summed E-state index contributed by atoms with van der Waals surface area (Å²) in [7, 11) is 0. The van der Waals surface area contributed by atoms with Gasteiger partial charge in [-0.05, 0) is 69.1 Å². The van der Waals surface area contributed by atoms with Gasteiger partial charge in [0.1, 0.15) is 5.76 Å². The first-order chi connectivity index (χ1) is 11.6. The molecule has 0 saturated heterocycles. The number of carbonyl (C=O) groups is 2. The number of hydrogen-bond donors (Lipinski definition) is 1. The lowest BCUT2D eigenvalue weighted by molar-refractivity contribution is -0.0123. The van der Waals surface area contributed by atoms with Gasteiger partial charge < -0.3 is 9.73 Å². The highest BCUT2D eigenvalue weighted by molar-refractivity contribution is 6.03. The molecule has 128 valence electrons. The minimum Gasteiger partial charge on any atom is -0.455 e. The second kappa shape index (κ2) is 5.21. The number of aryl methyl sites for hydroxylation is 1. The standard InChI is InChI=1S/C20H25NO3/c1-10-17-15(22)3-2-4-16(17)24-19(10)20(23)21-18-13-6-11-5-12(8-13)9-14(18)7-11/h11-14,18H,2-9H2,1H3,(H,21,23). The molecule has 0 radical (unpaired) electrons. The van der Waals surface area contributed by atoms with Crippen LogP contribution in [0.25, 0.3) is 0 Å². The highest BCUT2D eigenvalue weighted by Crippen LogP contribution is 2.53. The quantitative estimate of drug-likeness (QED) is 0.902. The van der Waals surface area contributed by atoms with Gasteiger partial charge in [0.2, 0.25) is 0 Å². The Morgan fingerprint density at radius 1 is 1.04 bits per heavy atom. The topological polar surface area (TPSA) is 59.3 Å². The number of furan rings is 1. The van der Waals surface area contributed by atoms with Crippen LogP contribution in [0.3, 0.4) is 0 Å². The van der Waals surface area contributed by atoms with Crippen molar-refractivity contribution in [1.82, 2.24) is 5.32 Å². The van der Waals surface area contributed by atoms with Gasteiger partial charge in [0.05, 0.1) is 5.56 Å². The van der Waals surface area contributed by atoms with Crippen molar-refractivity contribution in [2.24, 2.45) is 23.7 Å². The summed E-state index contributed by atoms with van der Waals surface area (Å²) in [5.41, 5.74) is 1.42. The van der Waals surface area contributed by atoms with Crippen LogP contribution in [-0.4, -0.2) is 17.7 Å². The molecule has 4 saturated carbocycles. The first-order valence-electron chi connectivity index (χ1n) is 9.56. The molecular weight excluding hydrogens is 302 g/mol. The minimum absolute atomic E-state index is 0.104. The average Bonchev–Trinajstić information content (AvgIpc) is 2.88. The second-order valence-electron chi connectivity index (χ2n) is 8.56. The molecule has 0 aromatic carbocycles. The van der Waals surface area contributed by atoms with Crippen LogP contribution in [0, 0.1) is 30.6 Å². The van der Waals surface area contributed by atoms with Crippen molar-refractivity contribution in [3.05, 3.63) is 22.6 Å². The summed E-state index contributed by atoms with van der Waals surface area (Å²) in [4.78, 5) is 25.0. The van der Waals surface area contributed by atoms with Gasteiger partial charge in [0.15, 0.2) is 11.5 Å². The zero-order valence-corrected chi connectivity index (χ0v) is 14.3. The summed E-state index contributed by atoms with van der Waals surface area (Å²) >= 11 is 0. The van der Waals surface area contributed by atoms with Crippen LogP contribution in [0.2, 0.25) is 0 Å². The summed E-state index contributed by atoms with van der Waals surface area (Å²) in [6.07, 6.45) is 8.72. The maximum absolute atomic E-state index is 12.9. The molecule has 1 heterocycles. The Bertz CT molecular complexity index is 689. The molecule has 0 unspecified atom stereocenters. The molecule has 1 amide bonds. The molecule has 6 rings (SSSR count).